The van der Waals surface area contributed by atoms with Gasteiger partial charge in [0.1, 0.15) is 0 Å². The number of oxime groups is 1. The van der Waals surface area contributed by atoms with E-state index in [1.807, 2.05) is 4.90 Å². The maximum absolute atomic E-state index is 14.3. The highest BCUT2D eigenvalue weighted by molar-refractivity contribution is 9.10. The van der Waals surface area contributed by atoms with Gasteiger partial charge in [-0.3, -0.25) is 4.21 Å². The monoisotopic (exact) mass is 349 g/mol. The highest BCUT2D eigenvalue weighted by Crippen LogP contribution is 2.30. The molecule has 0 bridgehead atoms. The predicted octanol–water partition coefficient (Wildman–Crippen LogP) is 1.25. The number of nitrogens with zero attached hydrogens (tertiary/aromatic N) is 2. The summed E-state index contributed by atoms with van der Waals surface area (Å²) in [6.07, 6.45) is 0. The van der Waals surface area contributed by atoms with Crippen LogP contribution < -0.4 is 10.6 Å². The fourth-order valence-corrected chi connectivity index (χ4v) is 3.50. The van der Waals surface area contributed by atoms with E-state index in [4.69, 9.17) is 10.9 Å². The van der Waals surface area contributed by atoms with Gasteiger partial charge in [0.2, 0.25) is 0 Å². The first kappa shape index (κ1) is 14.3. The summed E-state index contributed by atoms with van der Waals surface area (Å²) in [5.74, 6) is 0.465. The zero-order valence-electron chi connectivity index (χ0n) is 9.97. The second-order valence-corrected chi connectivity index (χ2v) is 6.57. The van der Waals surface area contributed by atoms with Crippen molar-refractivity contribution in [1.29, 1.82) is 0 Å². The van der Waals surface area contributed by atoms with Crippen LogP contribution in [0.15, 0.2) is 21.8 Å². The Morgan fingerprint density at radius 2 is 2.11 bits per heavy atom. The average molecular weight is 350 g/mol. The molecule has 3 N–H and O–H groups in total. The summed E-state index contributed by atoms with van der Waals surface area (Å²) in [6, 6.07) is 3.17. The number of anilines is 1. The van der Waals surface area contributed by atoms with Gasteiger partial charge in [0, 0.05) is 41.0 Å². The Morgan fingerprint density at radius 1 is 1.47 bits per heavy atom. The topological polar surface area (TPSA) is 78.9 Å². The molecule has 0 amide bonds. The largest absolute Gasteiger partial charge is 0.409 e. The summed E-state index contributed by atoms with van der Waals surface area (Å²) in [6.45, 7) is 1.11. The lowest BCUT2D eigenvalue weighted by molar-refractivity contribution is 0.318. The van der Waals surface area contributed by atoms with Crippen LogP contribution in [0.1, 0.15) is 5.56 Å². The van der Waals surface area contributed by atoms with Crippen molar-refractivity contribution in [3.05, 3.63) is 28.0 Å². The minimum atomic E-state index is -0.808. The minimum absolute atomic E-state index is 0.155. The number of nitrogens with two attached hydrogens (primary N) is 1. The van der Waals surface area contributed by atoms with Crippen LogP contribution in [0.5, 0.6) is 0 Å². The van der Waals surface area contributed by atoms with Crippen LogP contribution in [0.3, 0.4) is 0 Å². The van der Waals surface area contributed by atoms with Gasteiger partial charge >= 0.3 is 0 Å². The van der Waals surface area contributed by atoms with Crippen molar-refractivity contribution in [2.75, 3.05) is 29.5 Å². The second kappa shape index (κ2) is 5.87. The number of amidine groups is 1. The van der Waals surface area contributed by atoms with Crippen LogP contribution in [0.2, 0.25) is 0 Å². The zero-order chi connectivity index (χ0) is 14.0. The SMILES string of the molecule is N/C(=N/O)c1ccc(N2CCS(=O)CC2)c(F)c1Br. The lowest BCUT2D eigenvalue weighted by Gasteiger charge is -2.29. The summed E-state index contributed by atoms with van der Waals surface area (Å²) in [7, 11) is -0.808. The summed E-state index contributed by atoms with van der Waals surface area (Å²) >= 11 is 3.12. The van der Waals surface area contributed by atoms with Crippen LogP contribution in [0, 0.1) is 5.82 Å². The third kappa shape index (κ3) is 2.89. The zero-order valence-corrected chi connectivity index (χ0v) is 12.4. The molecule has 104 valence electrons. The van der Waals surface area contributed by atoms with E-state index in [2.05, 4.69) is 21.1 Å². The molecule has 0 unspecified atom stereocenters. The molecule has 1 aliphatic rings. The van der Waals surface area contributed by atoms with E-state index in [-0.39, 0.29) is 10.3 Å². The summed E-state index contributed by atoms with van der Waals surface area (Å²) in [5.41, 5.74) is 6.18. The Labute approximate surface area is 120 Å². The van der Waals surface area contributed by atoms with E-state index in [9.17, 15) is 8.60 Å². The second-order valence-electron chi connectivity index (χ2n) is 4.08. The predicted molar refractivity (Wildman–Crippen MR) is 76.7 cm³/mol. The molecule has 0 aliphatic carbocycles. The molecule has 8 heteroatoms. The molecule has 1 aliphatic heterocycles. The molecule has 1 saturated heterocycles. The molecule has 1 fully saturated rings. The van der Waals surface area contributed by atoms with Crippen LogP contribution in [0.4, 0.5) is 10.1 Å². The molecular weight excluding hydrogens is 337 g/mol. The molecule has 5 nitrogen and oxygen atoms in total. The third-order valence-electron chi connectivity index (χ3n) is 2.96. The van der Waals surface area contributed by atoms with Gasteiger partial charge < -0.3 is 15.8 Å². The Balaban J connectivity index is 2.33. The number of halogens is 2. The number of rotatable bonds is 2. The van der Waals surface area contributed by atoms with Gasteiger partial charge in [-0.2, -0.15) is 0 Å². The van der Waals surface area contributed by atoms with Crippen LogP contribution in [0.25, 0.3) is 0 Å². The molecule has 1 heterocycles. The molecule has 0 atom stereocenters. The van der Waals surface area contributed by atoms with Crippen molar-refractivity contribution in [2.24, 2.45) is 10.9 Å². The van der Waals surface area contributed by atoms with E-state index in [0.29, 0.717) is 35.8 Å². The van der Waals surface area contributed by atoms with Crippen molar-refractivity contribution in [2.45, 2.75) is 0 Å². The van der Waals surface area contributed by atoms with E-state index >= 15 is 0 Å². The van der Waals surface area contributed by atoms with Gasteiger partial charge in [-0.25, -0.2) is 4.39 Å². The normalized spacial score (nSPS) is 17.8. The number of hydrogen-bond donors (Lipinski definition) is 2. The Kier molecular flexibility index (Phi) is 4.41. The molecule has 0 aromatic heterocycles. The van der Waals surface area contributed by atoms with Crippen LogP contribution in [-0.2, 0) is 10.8 Å². The van der Waals surface area contributed by atoms with E-state index in [1.54, 1.807) is 12.1 Å². The number of benzene rings is 1. The van der Waals surface area contributed by atoms with Gasteiger partial charge in [-0.1, -0.05) is 5.16 Å². The smallest absolute Gasteiger partial charge is 0.171 e. The molecule has 0 radical (unpaired) electrons. The standard InChI is InChI=1S/C11H13BrFN3O2S/c12-9-7(11(14)15-17)1-2-8(10(9)13)16-3-5-19(18)6-4-16/h1-2,17H,3-6H2,(H2,14,15). The molecule has 2 rings (SSSR count). The summed E-state index contributed by atoms with van der Waals surface area (Å²) in [5, 5.41) is 11.5. The fraction of sp³-hybridized carbons (Fsp3) is 0.364. The molecule has 1 aromatic rings. The quantitative estimate of drug-likeness (QED) is 0.364. The number of hydrogen-bond acceptors (Lipinski definition) is 4. The molecular formula is C11H13BrFN3O2S. The lowest BCUT2D eigenvalue weighted by Crippen LogP contribution is -2.38. The van der Waals surface area contributed by atoms with Crippen molar-refractivity contribution in [3.63, 3.8) is 0 Å². The van der Waals surface area contributed by atoms with Crippen molar-refractivity contribution >= 4 is 38.3 Å². The molecule has 1 aromatic carbocycles. The summed E-state index contributed by atoms with van der Waals surface area (Å²) in [4.78, 5) is 1.84. The average Bonchev–Trinajstić information content (AvgIpc) is 2.42. The first-order valence-electron chi connectivity index (χ1n) is 5.60. The summed E-state index contributed by atoms with van der Waals surface area (Å²) < 4.78 is 25.7. The maximum Gasteiger partial charge on any atom is 0.171 e. The van der Waals surface area contributed by atoms with Crippen LogP contribution in [-0.4, -0.2) is 39.8 Å². The van der Waals surface area contributed by atoms with E-state index in [1.165, 1.54) is 0 Å². The van der Waals surface area contributed by atoms with Gasteiger partial charge in [-0.05, 0) is 28.1 Å². The highest BCUT2D eigenvalue weighted by atomic mass is 79.9. The third-order valence-corrected chi connectivity index (χ3v) is 5.02. The van der Waals surface area contributed by atoms with Crippen molar-refractivity contribution < 1.29 is 13.8 Å². The fourth-order valence-electron chi connectivity index (χ4n) is 1.91. The highest BCUT2D eigenvalue weighted by Gasteiger charge is 2.21. The Hall–Kier alpha value is -1.15. The van der Waals surface area contributed by atoms with Gasteiger partial charge in [0.15, 0.2) is 11.7 Å². The van der Waals surface area contributed by atoms with E-state index in [0.717, 1.165) is 0 Å². The van der Waals surface area contributed by atoms with E-state index < -0.39 is 16.6 Å². The van der Waals surface area contributed by atoms with Crippen molar-refractivity contribution in [3.8, 4) is 0 Å². The molecule has 0 saturated carbocycles. The van der Waals surface area contributed by atoms with Gasteiger partial charge in [0.25, 0.3) is 0 Å². The Morgan fingerprint density at radius 3 is 2.68 bits per heavy atom. The van der Waals surface area contributed by atoms with Gasteiger partial charge in [0.05, 0.1) is 10.2 Å². The lowest BCUT2D eigenvalue weighted by atomic mass is 10.1. The van der Waals surface area contributed by atoms with Crippen LogP contribution >= 0.6 is 15.9 Å². The van der Waals surface area contributed by atoms with Crippen molar-refractivity contribution in [1.82, 2.24) is 0 Å². The Bertz CT molecular complexity index is 543. The maximum atomic E-state index is 14.3. The minimum Gasteiger partial charge on any atom is -0.409 e. The first-order valence-corrected chi connectivity index (χ1v) is 7.88. The first-order chi connectivity index (χ1) is 9.04. The molecule has 19 heavy (non-hydrogen) atoms. The molecule has 0 spiro atoms. The van der Waals surface area contributed by atoms with Gasteiger partial charge in [-0.15, -0.1) is 0 Å².